The van der Waals surface area contributed by atoms with Crippen LogP contribution in [0.25, 0.3) is 0 Å². The summed E-state index contributed by atoms with van der Waals surface area (Å²) in [7, 11) is 0. The molecule has 0 bridgehead atoms. The van der Waals surface area contributed by atoms with Gasteiger partial charge in [-0.05, 0) is 19.3 Å². The highest BCUT2D eigenvalue weighted by atomic mass is 16.5. The smallest absolute Gasteiger partial charge is 0.243 e. The Hall–Kier alpha value is -0.940. The van der Waals surface area contributed by atoms with Gasteiger partial charge in [0.15, 0.2) is 5.82 Å². The summed E-state index contributed by atoms with van der Waals surface area (Å²) in [6, 6.07) is 0.0343. The molecule has 2 heterocycles. The van der Waals surface area contributed by atoms with E-state index in [2.05, 4.69) is 15.5 Å². The van der Waals surface area contributed by atoms with Gasteiger partial charge in [0.1, 0.15) is 0 Å². The van der Waals surface area contributed by atoms with Gasteiger partial charge in [-0.15, -0.1) is 0 Å². The van der Waals surface area contributed by atoms with Crippen molar-refractivity contribution >= 4 is 0 Å². The van der Waals surface area contributed by atoms with Gasteiger partial charge in [-0.2, -0.15) is 4.98 Å². The first-order valence-electron chi connectivity index (χ1n) is 7.08. The number of aliphatic hydroxyl groups excluding tert-OH is 1. The molecule has 1 aliphatic carbocycles. The molecule has 2 aliphatic rings. The van der Waals surface area contributed by atoms with Crippen LogP contribution < -0.4 is 5.32 Å². The molecule has 1 aromatic rings. The third-order valence-electron chi connectivity index (χ3n) is 4.08. The van der Waals surface area contributed by atoms with Gasteiger partial charge in [0, 0.05) is 12.5 Å². The summed E-state index contributed by atoms with van der Waals surface area (Å²) in [6.45, 7) is 0.617. The highest BCUT2D eigenvalue weighted by molar-refractivity contribution is 5.01. The van der Waals surface area contributed by atoms with Crippen LogP contribution in [0.15, 0.2) is 4.52 Å². The Morgan fingerprint density at radius 2 is 1.94 bits per heavy atom. The molecule has 0 amide bonds. The molecule has 1 saturated heterocycles. The molecule has 2 N–H and O–H groups in total. The van der Waals surface area contributed by atoms with Gasteiger partial charge >= 0.3 is 0 Å². The standard InChI is InChI=1S/C13H21N3O2/c17-10-7-11(14-8-10)13-15-12(16-18-13)9-5-3-1-2-4-6-9/h9-11,14,17H,1-8H2/t10-,11-/m1/s1. The monoisotopic (exact) mass is 251 g/mol. The van der Waals surface area contributed by atoms with Crippen molar-refractivity contribution < 1.29 is 9.63 Å². The van der Waals surface area contributed by atoms with E-state index in [0.717, 1.165) is 5.82 Å². The van der Waals surface area contributed by atoms with Gasteiger partial charge in [-0.25, -0.2) is 0 Å². The van der Waals surface area contributed by atoms with Crippen LogP contribution >= 0.6 is 0 Å². The predicted octanol–water partition coefficient (Wildman–Crippen LogP) is 1.90. The van der Waals surface area contributed by atoms with Crippen LogP contribution in [-0.4, -0.2) is 27.9 Å². The number of aliphatic hydroxyl groups is 1. The number of rotatable bonds is 2. The summed E-state index contributed by atoms with van der Waals surface area (Å²) in [6.07, 6.45) is 7.95. The second-order valence-corrected chi connectivity index (χ2v) is 5.53. The van der Waals surface area contributed by atoms with E-state index in [1.165, 1.54) is 38.5 Å². The zero-order valence-electron chi connectivity index (χ0n) is 10.6. The van der Waals surface area contributed by atoms with Crippen molar-refractivity contribution in [2.75, 3.05) is 6.54 Å². The summed E-state index contributed by atoms with van der Waals surface area (Å²) in [5, 5.41) is 16.8. The van der Waals surface area contributed by atoms with E-state index in [-0.39, 0.29) is 12.1 Å². The number of nitrogens with one attached hydrogen (secondary N) is 1. The molecule has 0 radical (unpaired) electrons. The number of hydrogen-bond donors (Lipinski definition) is 2. The van der Waals surface area contributed by atoms with Crippen molar-refractivity contribution in [1.82, 2.24) is 15.5 Å². The van der Waals surface area contributed by atoms with Crippen LogP contribution in [0.5, 0.6) is 0 Å². The number of β-amino-alcohol motifs (C(OH)–C–C–N with tert-alkyl or cyclic N) is 1. The number of hydrogen-bond acceptors (Lipinski definition) is 5. The maximum Gasteiger partial charge on any atom is 0.243 e. The van der Waals surface area contributed by atoms with Crippen molar-refractivity contribution in [3.8, 4) is 0 Å². The van der Waals surface area contributed by atoms with Crippen molar-refractivity contribution in [2.45, 2.75) is 63.0 Å². The first-order chi connectivity index (χ1) is 8.83. The van der Waals surface area contributed by atoms with Gasteiger partial charge in [0.05, 0.1) is 12.1 Å². The number of aromatic nitrogens is 2. The fraction of sp³-hybridized carbons (Fsp3) is 0.846. The highest BCUT2D eigenvalue weighted by Crippen LogP contribution is 2.31. The van der Waals surface area contributed by atoms with Gasteiger partial charge < -0.3 is 14.9 Å². The fourth-order valence-electron chi connectivity index (χ4n) is 3.00. The van der Waals surface area contributed by atoms with Crippen LogP contribution in [0.2, 0.25) is 0 Å². The van der Waals surface area contributed by atoms with E-state index in [0.29, 0.717) is 24.8 Å². The molecule has 1 saturated carbocycles. The fourth-order valence-corrected chi connectivity index (χ4v) is 3.00. The maximum atomic E-state index is 9.50. The molecule has 18 heavy (non-hydrogen) atoms. The Balaban J connectivity index is 1.68. The Morgan fingerprint density at radius 1 is 1.17 bits per heavy atom. The summed E-state index contributed by atoms with van der Waals surface area (Å²) < 4.78 is 5.36. The summed E-state index contributed by atoms with van der Waals surface area (Å²) in [5.74, 6) is 1.98. The lowest BCUT2D eigenvalue weighted by Gasteiger charge is -2.07. The SMILES string of the molecule is O[C@H]1CN[C@@H](c2nc(C3CCCCCC3)no2)C1. The molecule has 3 rings (SSSR count). The van der Waals surface area contributed by atoms with Crippen molar-refractivity contribution in [3.63, 3.8) is 0 Å². The molecule has 1 aromatic heterocycles. The normalized spacial score (nSPS) is 30.5. The molecule has 100 valence electrons. The minimum atomic E-state index is -0.289. The largest absolute Gasteiger partial charge is 0.392 e. The van der Waals surface area contributed by atoms with Gasteiger partial charge in [0.25, 0.3) is 0 Å². The summed E-state index contributed by atoms with van der Waals surface area (Å²) in [5.41, 5.74) is 0. The Kier molecular flexibility index (Phi) is 3.61. The molecule has 0 aromatic carbocycles. The van der Waals surface area contributed by atoms with Crippen LogP contribution in [0, 0.1) is 0 Å². The first-order valence-corrected chi connectivity index (χ1v) is 7.08. The Labute approximate surface area is 107 Å². The van der Waals surface area contributed by atoms with Crippen molar-refractivity contribution in [2.24, 2.45) is 0 Å². The zero-order chi connectivity index (χ0) is 12.4. The van der Waals surface area contributed by atoms with E-state index in [1.807, 2.05) is 0 Å². The Morgan fingerprint density at radius 3 is 2.61 bits per heavy atom. The lowest BCUT2D eigenvalue weighted by molar-refractivity contribution is 0.191. The molecule has 2 fully saturated rings. The van der Waals surface area contributed by atoms with Crippen LogP contribution in [-0.2, 0) is 0 Å². The van der Waals surface area contributed by atoms with Crippen LogP contribution in [0.3, 0.4) is 0 Å². The van der Waals surface area contributed by atoms with Crippen molar-refractivity contribution in [3.05, 3.63) is 11.7 Å². The minimum Gasteiger partial charge on any atom is -0.392 e. The molecular weight excluding hydrogens is 230 g/mol. The topological polar surface area (TPSA) is 71.2 Å². The predicted molar refractivity (Wildman–Crippen MR) is 66.1 cm³/mol. The zero-order valence-corrected chi connectivity index (χ0v) is 10.6. The second kappa shape index (κ2) is 5.36. The van der Waals surface area contributed by atoms with Crippen LogP contribution in [0.4, 0.5) is 0 Å². The Bertz CT molecular complexity index is 385. The summed E-state index contributed by atoms with van der Waals surface area (Å²) in [4.78, 5) is 4.54. The summed E-state index contributed by atoms with van der Waals surface area (Å²) >= 11 is 0. The molecule has 1 aliphatic heterocycles. The van der Waals surface area contributed by atoms with E-state index in [4.69, 9.17) is 4.52 Å². The highest BCUT2D eigenvalue weighted by Gasteiger charge is 2.29. The maximum absolute atomic E-state index is 9.50. The van der Waals surface area contributed by atoms with Crippen LogP contribution in [0.1, 0.15) is 68.6 Å². The van der Waals surface area contributed by atoms with E-state index in [9.17, 15) is 5.11 Å². The van der Waals surface area contributed by atoms with Crippen molar-refractivity contribution in [1.29, 1.82) is 0 Å². The average Bonchev–Trinajstić information content (AvgIpc) is 2.92. The lowest BCUT2D eigenvalue weighted by atomic mass is 10.00. The van der Waals surface area contributed by atoms with E-state index in [1.54, 1.807) is 0 Å². The van der Waals surface area contributed by atoms with Gasteiger partial charge in [0.2, 0.25) is 5.89 Å². The quantitative estimate of drug-likeness (QED) is 0.786. The molecule has 5 heteroatoms. The number of nitrogens with zero attached hydrogens (tertiary/aromatic N) is 2. The average molecular weight is 251 g/mol. The van der Waals surface area contributed by atoms with E-state index < -0.39 is 0 Å². The lowest BCUT2D eigenvalue weighted by Crippen LogP contribution is -2.15. The third-order valence-corrected chi connectivity index (χ3v) is 4.08. The minimum absolute atomic E-state index is 0.0343. The van der Waals surface area contributed by atoms with E-state index >= 15 is 0 Å². The van der Waals surface area contributed by atoms with Gasteiger partial charge in [-0.3, -0.25) is 0 Å². The molecule has 0 unspecified atom stereocenters. The van der Waals surface area contributed by atoms with Gasteiger partial charge in [-0.1, -0.05) is 30.8 Å². The molecule has 0 spiro atoms. The molecule has 5 nitrogen and oxygen atoms in total. The molecule has 2 atom stereocenters. The second-order valence-electron chi connectivity index (χ2n) is 5.53. The third kappa shape index (κ3) is 2.57. The molecular formula is C13H21N3O2. The first kappa shape index (κ1) is 12.1.